The molecule has 2 fully saturated rings. The van der Waals surface area contributed by atoms with E-state index in [1.165, 1.54) is 0 Å². The number of H-pyrrole nitrogens is 1. The molecular weight excluding hydrogens is 282 g/mol. The summed E-state index contributed by atoms with van der Waals surface area (Å²) in [6, 6.07) is 0. The van der Waals surface area contributed by atoms with Gasteiger partial charge in [0.1, 0.15) is 11.9 Å². The van der Waals surface area contributed by atoms with Crippen molar-refractivity contribution in [1.82, 2.24) is 25.0 Å². The van der Waals surface area contributed by atoms with Crippen molar-refractivity contribution in [3.8, 4) is 0 Å². The lowest BCUT2D eigenvalue weighted by Crippen LogP contribution is -2.43. The third-order valence-electron chi connectivity index (χ3n) is 4.33. The van der Waals surface area contributed by atoms with Crippen LogP contribution < -0.4 is 0 Å². The number of ether oxygens (including phenoxy) is 1. The molecule has 1 N–H and O–H groups in total. The Hall–Kier alpha value is -1.47. The Kier molecular flexibility index (Phi) is 5.04. The van der Waals surface area contributed by atoms with E-state index in [2.05, 4.69) is 27.0 Å². The molecule has 2 aliphatic rings. The average molecular weight is 307 g/mol. The molecule has 0 radical (unpaired) electrons. The molecule has 2 aliphatic heterocycles. The molecule has 3 heterocycles. The zero-order valence-corrected chi connectivity index (χ0v) is 13.3. The SMILES string of the molecule is CCCc1nc([C@@H]2CN(CCN3CCCC3=O)CCO2)n[nH]1. The summed E-state index contributed by atoms with van der Waals surface area (Å²) in [6.45, 7) is 7.15. The molecule has 7 nitrogen and oxygen atoms in total. The van der Waals surface area contributed by atoms with Gasteiger partial charge in [-0.1, -0.05) is 6.92 Å². The first-order valence-corrected chi connectivity index (χ1v) is 8.29. The zero-order chi connectivity index (χ0) is 15.4. The number of amides is 1. The molecule has 1 aromatic rings. The molecule has 1 amide bonds. The van der Waals surface area contributed by atoms with Crippen molar-refractivity contribution in [1.29, 1.82) is 0 Å². The van der Waals surface area contributed by atoms with Gasteiger partial charge in [-0.2, -0.15) is 5.10 Å². The lowest BCUT2D eigenvalue weighted by atomic mass is 10.2. The topological polar surface area (TPSA) is 74.3 Å². The van der Waals surface area contributed by atoms with Crippen LogP contribution >= 0.6 is 0 Å². The molecule has 122 valence electrons. The third-order valence-corrected chi connectivity index (χ3v) is 4.33. The normalized spacial score (nSPS) is 23.4. The van der Waals surface area contributed by atoms with Crippen LogP contribution in [0.15, 0.2) is 0 Å². The monoisotopic (exact) mass is 307 g/mol. The standard InChI is InChI=1S/C15H25N5O2/c1-2-4-13-16-15(18-17-13)12-11-19(9-10-22-12)7-8-20-6-3-5-14(20)21/h12H,2-11H2,1H3,(H,16,17,18)/t12-/m0/s1. The lowest BCUT2D eigenvalue weighted by molar-refractivity contribution is -0.128. The molecule has 0 aliphatic carbocycles. The molecule has 0 bridgehead atoms. The predicted molar refractivity (Wildman–Crippen MR) is 81.3 cm³/mol. The minimum Gasteiger partial charge on any atom is -0.367 e. The van der Waals surface area contributed by atoms with Gasteiger partial charge in [0.15, 0.2) is 5.82 Å². The lowest BCUT2D eigenvalue weighted by Gasteiger charge is -2.32. The van der Waals surface area contributed by atoms with Crippen molar-refractivity contribution in [3.05, 3.63) is 11.6 Å². The van der Waals surface area contributed by atoms with Crippen molar-refractivity contribution in [2.75, 3.05) is 39.3 Å². The van der Waals surface area contributed by atoms with Crippen LogP contribution in [0.4, 0.5) is 0 Å². The first-order chi connectivity index (χ1) is 10.8. The van der Waals surface area contributed by atoms with Crippen LogP contribution in [-0.2, 0) is 16.0 Å². The minimum atomic E-state index is -0.0649. The highest BCUT2D eigenvalue weighted by Crippen LogP contribution is 2.19. The van der Waals surface area contributed by atoms with Gasteiger partial charge >= 0.3 is 0 Å². The van der Waals surface area contributed by atoms with Crippen molar-refractivity contribution in [3.63, 3.8) is 0 Å². The van der Waals surface area contributed by atoms with Crippen LogP contribution in [0.2, 0.25) is 0 Å². The van der Waals surface area contributed by atoms with E-state index in [1.807, 2.05) is 4.90 Å². The second-order valence-electron chi connectivity index (χ2n) is 6.03. The smallest absolute Gasteiger partial charge is 0.222 e. The number of morpholine rings is 1. The van der Waals surface area contributed by atoms with E-state index in [-0.39, 0.29) is 6.10 Å². The highest BCUT2D eigenvalue weighted by molar-refractivity contribution is 5.78. The first kappa shape index (κ1) is 15.4. The Morgan fingerprint density at radius 1 is 1.36 bits per heavy atom. The van der Waals surface area contributed by atoms with Crippen LogP contribution in [0.5, 0.6) is 0 Å². The van der Waals surface area contributed by atoms with E-state index >= 15 is 0 Å². The summed E-state index contributed by atoms with van der Waals surface area (Å²) < 4.78 is 5.81. The van der Waals surface area contributed by atoms with Crippen molar-refractivity contribution >= 4 is 5.91 Å². The summed E-state index contributed by atoms with van der Waals surface area (Å²) in [4.78, 5) is 20.5. The number of nitrogens with one attached hydrogen (secondary N) is 1. The minimum absolute atomic E-state index is 0.0649. The number of aromatic nitrogens is 3. The summed E-state index contributed by atoms with van der Waals surface area (Å²) in [5.74, 6) is 1.98. The van der Waals surface area contributed by atoms with Gasteiger partial charge in [-0.05, 0) is 12.8 Å². The van der Waals surface area contributed by atoms with Crippen molar-refractivity contribution in [2.24, 2.45) is 0 Å². The summed E-state index contributed by atoms with van der Waals surface area (Å²) in [7, 11) is 0. The van der Waals surface area contributed by atoms with Gasteiger partial charge in [0, 0.05) is 45.6 Å². The molecule has 2 saturated heterocycles. The Morgan fingerprint density at radius 3 is 3.05 bits per heavy atom. The maximum Gasteiger partial charge on any atom is 0.222 e. The molecule has 3 rings (SSSR count). The van der Waals surface area contributed by atoms with E-state index in [0.717, 1.165) is 63.6 Å². The maximum atomic E-state index is 11.7. The summed E-state index contributed by atoms with van der Waals surface area (Å²) in [5, 5.41) is 7.28. The number of aromatic amines is 1. The fourth-order valence-electron chi connectivity index (χ4n) is 3.07. The fraction of sp³-hybridized carbons (Fsp3) is 0.800. The van der Waals surface area contributed by atoms with Gasteiger partial charge in [0.2, 0.25) is 5.91 Å². The quantitative estimate of drug-likeness (QED) is 0.839. The Balaban J connectivity index is 1.51. The molecule has 1 atom stereocenters. The van der Waals surface area contributed by atoms with Crippen LogP contribution in [0.1, 0.15) is 43.9 Å². The van der Waals surface area contributed by atoms with Crippen molar-refractivity contribution in [2.45, 2.75) is 38.7 Å². The molecular formula is C15H25N5O2. The highest BCUT2D eigenvalue weighted by Gasteiger charge is 2.26. The number of likely N-dealkylation sites (tertiary alicyclic amines) is 1. The number of hydrogen-bond donors (Lipinski definition) is 1. The average Bonchev–Trinajstić information content (AvgIpc) is 3.15. The summed E-state index contributed by atoms with van der Waals surface area (Å²) in [6.07, 6.45) is 3.62. The fourth-order valence-corrected chi connectivity index (χ4v) is 3.07. The molecule has 22 heavy (non-hydrogen) atoms. The largest absolute Gasteiger partial charge is 0.367 e. The number of nitrogens with zero attached hydrogens (tertiary/aromatic N) is 4. The highest BCUT2D eigenvalue weighted by atomic mass is 16.5. The van der Waals surface area contributed by atoms with Crippen LogP contribution in [0.3, 0.4) is 0 Å². The first-order valence-electron chi connectivity index (χ1n) is 8.29. The van der Waals surface area contributed by atoms with E-state index in [1.54, 1.807) is 0 Å². The number of rotatable bonds is 6. The second-order valence-corrected chi connectivity index (χ2v) is 6.03. The van der Waals surface area contributed by atoms with Crippen LogP contribution in [-0.4, -0.2) is 70.2 Å². The van der Waals surface area contributed by atoms with Crippen LogP contribution in [0, 0.1) is 0 Å². The van der Waals surface area contributed by atoms with E-state index in [0.29, 0.717) is 18.9 Å². The summed E-state index contributed by atoms with van der Waals surface area (Å²) >= 11 is 0. The van der Waals surface area contributed by atoms with Gasteiger partial charge in [0.05, 0.1) is 6.61 Å². The molecule has 0 unspecified atom stereocenters. The van der Waals surface area contributed by atoms with E-state index < -0.39 is 0 Å². The molecule has 7 heteroatoms. The molecule has 1 aromatic heterocycles. The number of carbonyl (C=O) groups excluding carboxylic acids is 1. The molecule has 0 saturated carbocycles. The Morgan fingerprint density at radius 2 is 2.27 bits per heavy atom. The Bertz CT molecular complexity index is 504. The zero-order valence-electron chi connectivity index (χ0n) is 13.3. The van der Waals surface area contributed by atoms with Gasteiger partial charge in [-0.25, -0.2) is 4.98 Å². The van der Waals surface area contributed by atoms with Gasteiger partial charge in [-0.15, -0.1) is 0 Å². The van der Waals surface area contributed by atoms with Gasteiger partial charge < -0.3 is 9.64 Å². The maximum absolute atomic E-state index is 11.7. The molecule has 0 aromatic carbocycles. The number of aryl methyl sites for hydroxylation is 1. The van der Waals surface area contributed by atoms with Gasteiger partial charge in [0.25, 0.3) is 0 Å². The number of carbonyl (C=O) groups is 1. The van der Waals surface area contributed by atoms with Gasteiger partial charge in [-0.3, -0.25) is 14.8 Å². The number of hydrogen-bond acceptors (Lipinski definition) is 5. The van der Waals surface area contributed by atoms with E-state index in [9.17, 15) is 4.79 Å². The van der Waals surface area contributed by atoms with E-state index in [4.69, 9.17) is 4.74 Å². The predicted octanol–water partition coefficient (Wildman–Crippen LogP) is 0.753. The Labute approximate surface area is 131 Å². The second kappa shape index (κ2) is 7.19. The summed E-state index contributed by atoms with van der Waals surface area (Å²) in [5.41, 5.74) is 0. The van der Waals surface area contributed by atoms with Crippen molar-refractivity contribution < 1.29 is 9.53 Å². The van der Waals surface area contributed by atoms with Crippen LogP contribution in [0.25, 0.3) is 0 Å². The third kappa shape index (κ3) is 3.64. The molecule has 0 spiro atoms.